The molecule has 0 aliphatic carbocycles. The van der Waals surface area contributed by atoms with Gasteiger partial charge in [-0.25, -0.2) is 13.4 Å². The average Bonchev–Trinajstić information content (AvgIpc) is 3.21. The minimum absolute atomic E-state index is 0.299. The van der Waals surface area contributed by atoms with Crippen molar-refractivity contribution in [1.29, 1.82) is 0 Å². The Morgan fingerprint density at radius 3 is 2.68 bits per heavy atom. The number of nitrogens with one attached hydrogen (secondary N) is 1. The Morgan fingerprint density at radius 1 is 1.32 bits per heavy atom. The van der Waals surface area contributed by atoms with Crippen LogP contribution in [0.25, 0.3) is 0 Å². The maximum atomic E-state index is 11.5. The maximum Gasteiger partial charge on any atom is 0.194 e. The van der Waals surface area contributed by atoms with Crippen molar-refractivity contribution in [3.05, 3.63) is 29.8 Å². The normalized spacial score (nSPS) is 24.2. The van der Waals surface area contributed by atoms with Gasteiger partial charge in [-0.1, -0.05) is 12.1 Å². The predicted molar refractivity (Wildman–Crippen MR) is 98.4 cm³/mol. The lowest BCUT2D eigenvalue weighted by molar-refractivity contribution is 0.156. The Morgan fingerprint density at radius 2 is 2.08 bits per heavy atom. The number of rotatable bonds is 4. The third-order valence-corrected chi connectivity index (χ3v) is 6.15. The molecule has 2 heterocycles. The topological polar surface area (TPSA) is 71.0 Å². The molecule has 3 rings (SSSR count). The highest BCUT2D eigenvalue weighted by molar-refractivity contribution is 7.90. The van der Waals surface area contributed by atoms with Gasteiger partial charge in [-0.15, -0.1) is 0 Å². The zero-order valence-electron chi connectivity index (χ0n) is 15.0. The van der Waals surface area contributed by atoms with Gasteiger partial charge in [0.1, 0.15) is 0 Å². The van der Waals surface area contributed by atoms with Crippen molar-refractivity contribution in [3.8, 4) is 0 Å². The summed E-state index contributed by atoms with van der Waals surface area (Å²) in [6, 6.07) is 6.96. The van der Waals surface area contributed by atoms with E-state index in [2.05, 4.69) is 17.1 Å². The van der Waals surface area contributed by atoms with E-state index in [0.29, 0.717) is 16.9 Å². The fourth-order valence-corrected chi connectivity index (χ4v) is 4.15. The molecular formula is C18H27N3O3S. The Bertz CT molecular complexity index is 722. The van der Waals surface area contributed by atoms with Crippen LogP contribution in [0.3, 0.4) is 0 Å². The van der Waals surface area contributed by atoms with Crippen molar-refractivity contribution in [3.63, 3.8) is 0 Å². The summed E-state index contributed by atoms with van der Waals surface area (Å²) in [7, 11) is -3.15. The molecular weight excluding hydrogens is 338 g/mol. The summed E-state index contributed by atoms with van der Waals surface area (Å²) >= 11 is 0. The SMILES string of the molecule is CCNC(=NCc1ccc(S(C)(=O)=O)cc1)N1CCC2(CCOC2)C1. The molecule has 6 nitrogen and oxygen atoms in total. The summed E-state index contributed by atoms with van der Waals surface area (Å²) in [5.74, 6) is 0.929. The number of aliphatic imine (C=N–C) groups is 1. The lowest BCUT2D eigenvalue weighted by atomic mass is 9.87. The monoisotopic (exact) mass is 365 g/mol. The van der Waals surface area contributed by atoms with Crippen LogP contribution in [0.15, 0.2) is 34.2 Å². The van der Waals surface area contributed by atoms with Gasteiger partial charge in [-0.05, 0) is 37.5 Å². The van der Waals surface area contributed by atoms with Crippen LogP contribution < -0.4 is 5.32 Å². The highest BCUT2D eigenvalue weighted by Gasteiger charge is 2.42. The quantitative estimate of drug-likeness (QED) is 0.649. The molecule has 2 fully saturated rings. The molecule has 138 valence electrons. The van der Waals surface area contributed by atoms with Gasteiger partial charge in [0.25, 0.3) is 0 Å². The number of hydrogen-bond donors (Lipinski definition) is 1. The lowest BCUT2D eigenvalue weighted by Gasteiger charge is -2.25. The van der Waals surface area contributed by atoms with Gasteiger partial charge in [0.15, 0.2) is 15.8 Å². The Labute approximate surface area is 150 Å². The second kappa shape index (κ2) is 7.33. The summed E-state index contributed by atoms with van der Waals surface area (Å²) in [5.41, 5.74) is 1.30. The molecule has 0 saturated carbocycles. The largest absolute Gasteiger partial charge is 0.381 e. The first-order valence-electron chi connectivity index (χ1n) is 8.82. The Balaban J connectivity index is 1.68. The molecule has 25 heavy (non-hydrogen) atoms. The van der Waals surface area contributed by atoms with Crippen molar-refractivity contribution in [1.82, 2.24) is 10.2 Å². The molecule has 0 amide bonds. The number of hydrogen-bond acceptors (Lipinski definition) is 4. The van der Waals surface area contributed by atoms with Crippen molar-refractivity contribution >= 4 is 15.8 Å². The molecule has 1 aromatic carbocycles. The molecule has 0 bridgehead atoms. The smallest absolute Gasteiger partial charge is 0.194 e. The van der Waals surface area contributed by atoms with E-state index in [0.717, 1.165) is 57.2 Å². The van der Waals surface area contributed by atoms with Crippen molar-refractivity contribution in [2.45, 2.75) is 31.2 Å². The van der Waals surface area contributed by atoms with Crippen LogP contribution in [0.2, 0.25) is 0 Å². The summed E-state index contributed by atoms with van der Waals surface area (Å²) in [4.78, 5) is 7.42. The number of sulfone groups is 1. The summed E-state index contributed by atoms with van der Waals surface area (Å²) in [6.45, 7) is 7.15. The molecule has 0 radical (unpaired) electrons. The van der Waals surface area contributed by atoms with Crippen LogP contribution >= 0.6 is 0 Å². The highest BCUT2D eigenvalue weighted by Crippen LogP contribution is 2.38. The summed E-state index contributed by atoms with van der Waals surface area (Å²) in [5, 5.41) is 3.38. The first kappa shape index (κ1) is 18.2. The van der Waals surface area contributed by atoms with Gasteiger partial charge in [0, 0.05) is 37.9 Å². The highest BCUT2D eigenvalue weighted by atomic mass is 32.2. The van der Waals surface area contributed by atoms with Crippen LogP contribution in [0, 0.1) is 5.41 Å². The molecule has 2 aliphatic rings. The van der Waals surface area contributed by atoms with Crippen LogP contribution in [0.4, 0.5) is 0 Å². The van der Waals surface area contributed by atoms with Gasteiger partial charge < -0.3 is 15.0 Å². The minimum Gasteiger partial charge on any atom is -0.381 e. The van der Waals surface area contributed by atoms with Crippen LogP contribution in [0.1, 0.15) is 25.3 Å². The maximum absolute atomic E-state index is 11.5. The fraction of sp³-hybridized carbons (Fsp3) is 0.611. The lowest BCUT2D eigenvalue weighted by Crippen LogP contribution is -2.41. The van der Waals surface area contributed by atoms with E-state index in [-0.39, 0.29) is 0 Å². The Hall–Kier alpha value is -1.60. The molecule has 1 atom stereocenters. The number of guanidine groups is 1. The average molecular weight is 365 g/mol. The number of likely N-dealkylation sites (tertiary alicyclic amines) is 1. The van der Waals surface area contributed by atoms with Gasteiger partial charge in [-0.2, -0.15) is 0 Å². The molecule has 2 saturated heterocycles. The van der Waals surface area contributed by atoms with Crippen LogP contribution in [-0.4, -0.2) is 58.4 Å². The first-order valence-corrected chi connectivity index (χ1v) is 10.7. The minimum atomic E-state index is -3.15. The van der Waals surface area contributed by atoms with Crippen molar-refractivity contribution in [2.75, 3.05) is 39.1 Å². The van der Waals surface area contributed by atoms with E-state index in [9.17, 15) is 8.42 Å². The molecule has 2 aliphatic heterocycles. The standard InChI is InChI=1S/C18H27N3O3S/c1-3-19-17(21-10-8-18(13-21)9-11-24-14-18)20-12-15-4-6-16(7-5-15)25(2,22)23/h4-7H,3,8-14H2,1-2H3,(H,19,20). The van der Waals surface area contributed by atoms with Gasteiger partial charge >= 0.3 is 0 Å². The van der Waals surface area contributed by atoms with E-state index < -0.39 is 9.84 Å². The number of nitrogens with zero attached hydrogens (tertiary/aromatic N) is 2. The van der Waals surface area contributed by atoms with E-state index in [4.69, 9.17) is 9.73 Å². The molecule has 1 spiro atoms. The van der Waals surface area contributed by atoms with Crippen molar-refractivity contribution < 1.29 is 13.2 Å². The fourth-order valence-electron chi connectivity index (χ4n) is 3.52. The van der Waals surface area contributed by atoms with E-state index in [1.807, 2.05) is 12.1 Å². The van der Waals surface area contributed by atoms with Gasteiger partial charge in [0.05, 0.1) is 18.0 Å². The first-order chi connectivity index (χ1) is 11.9. The van der Waals surface area contributed by atoms with Crippen molar-refractivity contribution in [2.24, 2.45) is 10.4 Å². The molecule has 7 heteroatoms. The molecule has 1 aromatic rings. The third-order valence-electron chi connectivity index (χ3n) is 5.02. The Kier molecular flexibility index (Phi) is 5.34. The van der Waals surface area contributed by atoms with E-state index in [1.54, 1.807) is 12.1 Å². The van der Waals surface area contributed by atoms with E-state index in [1.165, 1.54) is 6.26 Å². The van der Waals surface area contributed by atoms with Gasteiger partial charge in [-0.3, -0.25) is 0 Å². The number of ether oxygens (including phenoxy) is 1. The zero-order chi connectivity index (χ0) is 17.9. The second-order valence-corrected chi connectivity index (χ2v) is 9.08. The number of benzene rings is 1. The predicted octanol–water partition coefficient (Wildman–Crippen LogP) is 1.67. The van der Waals surface area contributed by atoms with Crippen LogP contribution in [-0.2, 0) is 21.1 Å². The van der Waals surface area contributed by atoms with Gasteiger partial charge in [0.2, 0.25) is 0 Å². The molecule has 0 aromatic heterocycles. The zero-order valence-corrected chi connectivity index (χ0v) is 15.8. The second-order valence-electron chi connectivity index (χ2n) is 7.06. The summed E-state index contributed by atoms with van der Waals surface area (Å²) < 4.78 is 28.7. The summed E-state index contributed by atoms with van der Waals surface area (Å²) in [6.07, 6.45) is 3.51. The van der Waals surface area contributed by atoms with Crippen LogP contribution in [0.5, 0.6) is 0 Å². The third kappa shape index (κ3) is 4.33. The molecule has 1 N–H and O–H groups in total. The van der Waals surface area contributed by atoms with E-state index >= 15 is 0 Å². The molecule has 1 unspecified atom stereocenters.